The number of morpholine rings is 1. The number of benzene rings is 2. The van der Waals surface area contributed by atoms with E-state index in [9.17, 15) is 0 Å². The number of anilines is 2. The molecule has 0 spiro atoms. The molecule has 0 aliphatic carbocycles. The monoisotopic (exact) mass is 357 g/mol. The topological polar surface area (TPSA) is 91.8 Å². The van der Waals surface area contributed by atoms with Gasteiger partial charge >= 0.3 is 0 Å². The summed E-state index contributed by atoms with van der Waals surface area (Å²) < 4.78 is 18.3. The number of ether oxygens (including phenoxy) is 3. The Balaban J connectivity index is 1.82. The van der Waals surface area contributed by atoms with Crippen molar-refractivity contribution in [3.8, 4) is 17.2 Å². The second-order valence-electron chi connectivity index (χ2n) is 6.67. The van der Waals surface area contributed by atoms with Gasteiger partial charge in [-0.3, -0.25) is 0 Å². The molecule has 6 nitrogen and oxygen atoms in total. The van der Waals surface area contributed by atoms with E-state index < -0.39 is 5.60 Å². The van der Waals surface area contributed by atoms with Gasteiger partial charge in [0.15, 0.2) is 11.5 Å². The van der Waals surface area contributed by atoms with Gasteiger partial charge in [0.1, 0.15) is 17.5 Å². The number of rotatable bonds is 6. The Hall–Kier alpha value is -2.44. The molecule has 2 atom stereocenters. The van der Waals surface area contributed by atoms with Gasteiger partial charge in [0.05, 0.1) is 18.0 Å². The molecular weight excluding hydrogens is 330 g/mol. The Morgan fingerprint density at radius 3 is 2.58 bits per heavy atom. The summed E-state index contributed by atoms with van der Waals surface area (Å²) in [6.45, 7) is 6.49. The van der Waals surface area contributed by atoms with Crippen LogP contribution in [0.25, 0.3) is 0 Å². The molecule has 1 fully saturated rings. The normalized spacial score (nSPS) is 19.5. The van der Waals surface area contributed by atoms with E-state index >= 15 is 0 Å². The SMILES string of the molecule is CCC(C)(Oc1ccccc1Oc1ccc(N)c(N)c1)C1CNCCO1. The second-order valence-corrected chi connectivity index (χ2v) is 6.67. The van der Waals surface area contributed by atoms with E-state index in [0.717, 1.165) is 19.5 Å². The lowest BCUT2D eigenvalue weighted by Crippen LogP contribution is -2.54. The van der Waals surface area contributed by atoms with E-state index in [-0.39, 0.29) is 6.10 Å². The Morgan fingerprint density at radius 1 is 1.15 bits per heavy atom. The first-order chi connectivity index (χ1) is 12.5. The molecule has 1 aliphatic rings. The molecule has 0 aromatic heterocycles. The predicted molar refractivity (Wildman–Crippen MR) is 104 cm³/mol. The molecule has 140 valence electrons. The summed E-state index contributed by atoms with van der Waals surface area (Å²) in [6, 6.07) is 12.8. The number of nitrogens with one attached hydrogen (secondary N) is 1. The zero-order valence-corrected chi connectivity index (χ0v) is 15.3. The lowest BCUT2D eigenvalue weighted by Gasteiger charge is -2.39. The molecule has 1 heterocycles. The lowest BCUT2D eigenvalue weighted by atomic mass is 9.94. The molecule has 1 saturated heterocycles. The third kappa shape index (κ3) is 4.03. The number of para-hydroxylation sites is 2. The first-order valence-electron chi connectivity index (χ1n) is 8.95. The van der Waals surface area contributed by atoms with Crippen LogP contribution in [0.15, 0.2) is 42.5 Å². The molecule has 0 amide bonds. The summed E-state index contributed by atoms with van der Waals surface area (Å²) in [4.78, 5) is 0. The standard InChI is InChI=1S/C20H27N3O3/c1-3-20(2,19-13-23-10-11-24-19)26-18-7-5-4-6-17(18)25-14-8-9-15(21)16(22)12-14/h4-9,12,19,23H,3,10-11,13,21-22H2,1-2H3. The van der Waals surface area contributed by atoms with E-state index in [1.165, 1.54) is 0 Å². The summed E-state index contributed by atoms with van der Waals surface area (Å²) in [5.41, 5.74) is 12.2. The fourth-order valence-electron chi connectivity index (χ4n) is 2.94. The van der Waals surface area contributed by atoms with E-state index in [1.807, 2.05) is 24.3 Å². The number of hydrogen-bond donors (Lipinski definition) is 3. The first kappa shape index (κ1) is 18.4. The van der Waals surface area contributed by atoms with Crippen LogP contribution in [0.3, 0.4) is 0 Å². The van der Waals surface area contributed by atoms with Crippen LogP contribution >= 0.6 is 0 Å². The molecule has 26 heavy (non-hydrogen) atoms. The number of nitrogens with two attached hydrogens (primary N) is 2. The quantitative estimate of drug-likeness (QED) is 0.688. The van der Waals surface area contributed by atoms with Crippen LogP contribution in [0.2, 0.25) is 0 Å². The summed E-state index contributed by atoms with van der Waals surface area (Å²) in [5.74, 6) is 1.91. The molecule has 0 saturated carbocycles. The van der Waals surface area contributed by atoms with Crippen molar-refractivity contribution in [1.82, 2.24) is 5.32 Å². The third-order valence-electron chi connectivity index (χ3n) is 4.79. The third-order valence-corrected chi connectivity index (χ3v) is 4.79. The van der Waals surface area contributed by atoms with Gasteiger partial charge in [0.25, 0.3) is 0 Å². The summed E-state index contributed by atoms with van der Waals surface area (Å²) in [6.07, 6.45) is 0.782. The molecule has 2 unspecified atom stereocenters. The van der Waals surface area contributed by atoms with Crippen molar-refractivity contribution in [3.05, 3.63) is 42.5 Å². The highest BCUT2D eigenvalue weighted by Crippen LogP contribution is 2.37. The Morgan fingerprint density at radius 2 is 1.92 bits per heavy atom. The maximum Gasteiger partial charge on any atom is 0.169 e. The molecule has 3 rings (SSSR count). The highest BCUT2D eigenvalue weighted by Gasteiger charge is 2.37. The van der Waals surface area contributed by atoms with Crippen LogP contribution in [-0.4, -0.2) is 31.4 Å². The van der Waals surface area contributed by atoms with E-state index in [4.69, 9.17) is 25.7 Å². The molecule has 2 aromatic carbocycles. The highest BCUT2D eigenvalue weighted by molar-refractivity contribution is 5.65. The van der Waals surface area contributed by atoms with Gasteiger partial charge in [-0.2, -0.15) is 0 Å². The van der Waals surface area contributed by atoms with Crippen LogP contribution in [-0.2, 0) is 4.74 Å². The first-order valence-corrected chi connectivity index (χ1v) is 8.95. The summed E-state index contributed by atoms with van der Waals surface area (Å²) >= 11 is 0. The fourth-order valence-corrected chi connectivity index (χ4v) is 2.94. The zero-order valence-electron chi connectivity index (χ0n) is 15.3. The van der Waals surface area contributed by atoms with Crippen LogP contribution < -0.4 is 26.3 Å². The van der Waals surface area contributed by atoms with Crippen molar-refractivity contribution in [2.24, 2.45) is 0 Å². The minimum atomic E-state index is -0.465. The molecule has 6 heteroatoms. The minimum absolute atomic E-state index is 0.0264. The molecule has 2 aromatic rings. The van der Waals surface area contributed by atoms with Gasteiger partial charge in [-0.25, -0.2) is 0 Å². The van der Waals surface area contributed by atoms with Crippen LogP contribution in [0, 0.1) is 0 Å². The van der Waals surface area contributed by atoms with Crippen LogP contribution in [0.5, 0.6) is 17.2 Å². The van der Waals surface area contributed by atoms with Gasteiger partial charge in [-0.15, -0.1) is 0 Å². The summed E-state index contributed by atoms with van der Waals surface area (Å²) in [5, 5.41) is 3.36. The fraction of sp³-hybridized carbons (Fsp3) is 0.400. The molecule has 5 N–H and O–H groups in total. The van der Waals surface area contributed by atoms with Crippen molar-refractivity contribution < 1.29 is 14.2 Å². The maximum absolute atomic E-state index is 6.40. The molecular formula is C20H27N3O3. The van der Waals surface area contributed by atoms with Crippen LogP contribution in [0.1, 0.15) is 20.3 Å². The van der Waals surface area contributed by atoms with Crippen molar-refractivity contribution in [2.45, 2.75) is 32.0 Å². The summed E-state index contributed by atoms with van der Waals surface area (Å²) in [7, 11) is 0. The molecule has 1 aliphatic heterocycles. The minimum Gasteiger partial charge on any atom is -0.481 e. The van der Waals surface area contributed by atoms with E-state index in [1.54, 1.807) is 18.2 Å². The van der Waals surface area contributed by atoms with Gasteiger partial charge < -0.3 is 31.0 Å². The maximum atomic E-state index is 6.40. The second kappa shape index (κ2) is 7.85. The average molecular weight is 357 g/mol. The van der Waals surface area contributed by atoms with E-state index in [0.29, 0.717) is 35.2 Å². The Labute approximate surface area is 154 Å². The number of nitrogen functional groups attached to an aromatic ring is 2. The van der Waals surface area contributed by atoms with Crippen molar-refractivity contribution in [1.29, 1.82) is 0 Å². The average Bonchev–Trinajstić information content (AvgIpc) is 2.67. The van der Waals surface area contributed by atoms with Crippen molar-refractivity contribution in [2.75, 3.05) is 31.2 Å². The van der Waals surface area contributed by atoms with Gasteiger partial charge in [0.2, 0.25) is 0 Å². The zero-order chi connectivity index (χ0) is 18.6. The Bertz CT molecular complexity index is 747. The predicted octanol–water partition coefficient (Wildman–Crippen LogP) is 3.18. The lowest BCUT2D eigenvalue weighted by molar-refractivity contribution is -0.0968. The smallest absolute Gasteiger partial charge is 0.169 e. The molecule has 0 radical (unpaired) electrons. The largest absolute Gasteiger partial charge is 0.481 e. The number of hydrogen-bond acceptors (Lipinski definition) is 6. The van der Waals surface area contributed by atoms with Crippen molar-refractivity contribution in [3.63, 3.8) is 0 Å². The highest BCUT2D eigenvalue weighted by atomic mass is 16.6. The van der Waals surface area contributed by atoms with Gasteiger partial charge in [-0.1, -0.05) is 19.1 Å². The molecule has 0 bridgehead atoms. The van der Waals surface area contributed by atoms with Gasteiger partial charge in [-0.05, 0) is 37.6 Å². The van der Waals surface area contributed by atoms with Crippen molar-refractivity contribution >= 4 is 11.4 Å². The van der Waals surface area contributed by atoms with Crippen LogP contribution in [0.4, 0.5) is 11.4 Å². The van der Waals surface area contributed by atoms with E-state index in [2.05, 4.69) is 19.2 Å². The Kier molecular flexibility index (Phi) is 5.54. The van der Waals surface area contributed by atoms with Gasteiger partial charge in [0, 0.05) is 19.2 Å².